The highest BCUT2D eigenvalue weighted by molar-refractivity contribution is 6.09. The molecule has 9 aromatic rings. The highest BCUT2D eigenvalue weighted by Crippen LogP contribution is 2.70. The lowest BCUT2D eigenvalue weighted by Gasteiger charge is -2.60. The van der Waals surface area contributed by atoms with Crippen LogP contribution in [0, 0.1) is 23.7 Å². The zero-order chi connectivity index (χ0) is 38.7. The van der Waals surface area contributed by atoms with Crippen molar-refractivity contribution in [3.8, 4) is 67.5 Å². The summed E-state index contributed by atoms with van der Waals surface area (Å²) in [7, 11) is 0. The summed E-state index contributed by atoms with van der Waals surface area (Å²) < 4.78 is 6.65. The van der Waals surface area contributed by atoms with Gasteiger partial charge in [0.15, 0.2) is 17.5 Å². The molecule has 0 saturated heterocycles. The Kier molecular flexibility index (Phi) is 7.13. The predicted octanol–water partition coefficient (Wildman–Crippen LogP) is 13.2. The molecule has 4 fully saturated rings. The molecule has 3 heterocycles. The number of benzene rings is 6. The summed E-state index contributed by atoms with van der Waals surface area (Å²) in [5.41, 5.74) is 14.1. The SMILES string of the molecule is c1ccc(-c2cc(-c3ccccc3)cc(-c3nc(-c4cccc5c4C4(c6ncccc6-5)C5CC6CC(C5)CC4C6)nc(-c4cccc5c4oc4ccccc45)n3)c2)cc1. The smallest absolute Gasteiger partial charge is 0.167 e. The Bertz CT molecular complexity index is 3050. The fraction of sp³-hybridized carbons (Fsp3) is 0.185. The summed E-state index contributed by atoms with van der Waals surface area (Å²) in [4.78, 5) is 21.8. The molecule has 6 aromatic carbocycles. The van der Waals surface area contributed by atoms with Crippen molar-refractivity contribution in [3.63, 3.8) is 0 Å². The van der Waals surface area contributed by atoms with Crippen LogP contribution in [0.5, 0.6) is 0 Å². The molecule has 5 aliphatic rings. The first-order valence-corrected chi connectivity index (χ1v) is 21.2. The van der Waals surface area contributed by atoms with Crippen molar-refractivity contribution < 1.29 is 4.42 Å². The Morgan fingerprint density at radius 3 is 1.73 bits per heavy atom. The molecular formula is C54H40N4O. The van der Waals surface area contributed by atoms with Crippen LogP contribution in [0.25, 0.3) is 89.5 Å². The van der Waals surface area contributed by atoms with E-state index in [-0.39, 0.29) is 5.41 Å². The van der Waals surface area contributed by atoms with E-state index in [1.54, 1.807) is 0 Å². The molecule has 14 rings (SSSR count). The van der Waals surface area contributed by atoms with Crippen LogP contribution in [-0.2, 0) is 5.41 Å². The number of pyridine rings is 1. The van der Waals surface area contributed by atoms with Crippen LogP contribution < -0.4 is 0 Å². The molecule has 5 aliphatic carbocycles. The molecule has 4 bridgehead atoms. The van der Waals surface area contributed by atoms with Gasteiger partial charge >= 0.3 is 0 Å². The second-order valence-electron chi connectivity index (χ2n) is 17.4. The van der Waals surface area contributed by atoms with Crippen LogP contribution in [0.2, 0.25) is 0 Å². The average molecular weight is 761 g/mol. The third kappa shape index (κ3) is 4.91. The number of nitrogens with zero attached hydrogens (tertiary/aromatic N) is 4. The number of hydrogen-bond donors (Lipinski definition) is 0. The third-order valence-corrected chi connectivity index (χ3v) is 14.3. The van der Waals surface area contributed by atoms with E-state index in [1.807, 2.05) is 18.3 Å². The normalized spacial score (nSPS) is 22.3. The van der Waals surface area contributed by atoms with Crippen molar-refractivity contribution in [1.82, 2.24) is 19.9 Å². The molecule has 0 aliphatic heterocycles. The summed E-state index contributed by atoms with van der Waals surface area (Å²) in [6.07, 6.45) is 8.50. The first-order chi connectivity index (χ1) is 29.2. The van der Waals surface area contributed by atoms with E-state index in [0.717, 1.165) is 72.7 Å². The molecule has 0 atom stereocenters. The second kappa shape index (κ2) is 12.6. The monoisotopic (exact) mass is 760 g/mol. The average Bonchev–Trinajstić information content (AvgIpc) is 3.83. The molecule has 0 unspecified atom stereocenters. The minimum absolute atomic E-state index is 0.157. The van der Waals surface area contributed by atoms with Crippen molar-refractivity contribution >= 4 is 21.9 Å². The first-order valence-electron chi connectivity index (χ1n) is 21.2. The van der Waals surface area contributed by atoms with Gasteiger partial charge in [0, 0.05) is 39.1 Å². The van der Waals surface area contributed by atoms with Gasteiger partial charge in [-0.1, -0.05) is 115 Å². The van der Waals surface area contributed by atoms with Gasteiger partial charge in [0.2, 0.25) is 0 Å². The topological polar surface area (TPSA) is 64.7 Å². The van der Waals surface area contributed by atoms with E-state index in [0.29, 0.717) is 29.3 Å². The van der Waals surface area contributed by atoms with E-state index >= 15 is 0 Å². The molecule has 3 aromatic heterocycles. The number of hydrogen-bond acceptors (Lipinski definition) is 5. The molecule has 282 valence electrons. The zero-order valence-corrected chi connectivity index (χ0v) is 32.6. The van der Waals surface area contributed by atoms with Gasteiger partial charge in [0.05, 0.1) is 11.3 Å². The van der Waals surface area contributed by atoms with Gasteiger partial charge < -0.3 is 4.42 Å². The number of para-hydroxylation sites is 2. The van der Waals surface area contributed by atoms with Crippen molar-refractivity contribution in [2.24, 2.45) is 23.7 Å². The van der Waals surface area contributed by atoms with Crippen LogP contribution in [-0.4, -0.2) is 19.9 Å². The molecule has 5 heteroatoms. The summed E-state index contributed by atoms with van der Waals surface area (Å²) in [5.74, 6) is 4.68. The lowest BCUT2D eigenvalue weighted by Crippen LogP contribution is -2.55. The maximum Gasteiger partial charge on any atom is 0.167 e. The van der Waals surface area contributed by atoms with Crippen LogP contribution >= 0.6 is 0 Å². The third-order valence-electron chi connectivity index (χ3n) is 14.3. The van der Waals surface area contributed by atoms with Gasteiger partial charge in [0.1, 0.15) is 11.2 Å². The quantitative estimate of drug-likeness (QED) is 0.175. The predicted molar refractivity (Wildman–Crippen MR) is 235 cm³/mol. The minimum Gasteiger partial charge on any atom is -0.455 e. The zero-order valence-electron chi connectivity index (χ0n) is 32.6. The van der Waals surface area contributed by atoms with Gasteiger partial charge in [-0.15, -0.1) is 0 Å². The van der Waals surface area contributed by atoms with Crippen molar-refractivity contribution in [2.75, 3.05) is 0 Å². The number of aromatic nitrogens is 4. The van der Waals surface area contributed by atoms with Crippen molar-refractivity contribution in [3.05, 3.63) is 169 Å². The first kappa shape index (κ1) is 33.3. The molecular weight excluding hydrogens is 721 g/mol. The Morgan fingerprint density at radius 2 is 1.00 bits per heavy atom. The van der Waals surface area contributed by atoms with E-state index in [2.05, 4.69) is 140 Å². The van der Waals surface area contributed by atoms with Crippen LogP contribution in [0.15, 0.2) is 162 Å². The largest absolute Gasteiger partial charge is 0.455 e. The van der Waals surface area contributed by atoms with E-state index in [1.165, 1.54) is 54.5 Å². The van der Waals surface area contributed by atoms with E-state index < -0.39 is 0 Å². The molecule has 4 saturated carbocycles. The van der Waals surface area contributed by atoms with E-state index in [4.69, 9.17) is 24.4 Å². The summed E-state index contributed by atoms with van der Waals surface area (Å²) in [6, 6.07) is 53.7. The molecule has 0 amide bonds. The Morgan fingerprint density at radius 1 is 0.441 bits per heavy atom. The van der Waals surface area contributed by atoms with Gasteiger partial charge in [-0.3, -0.25) is 4.98 Å². The highest BCUT2D eigenvalue weighted by Gasteiger charge is 2.63. The summed E-state index contributed by atoms with van der Waals surface area (Å²) in [5, 5.41) is 2.13. The second-order valence-corrected chi connectivity index (χ2v) is 17.4. The van der Waals surface area contributed by atoms with Gasteiger partial charge in [-0.05, 0) is 126 Å². The Hall–Kier alpha value is -6.72. The maximum absolute atomic E-state index is 6.65. The molecule has 0 radical (unpaired) electrons. The molecule has 59 heavy (non-hydrogen) atoms. The van der Waals surface area contributed by atoms with Gasteiger partial charge in [0.25, 0.3) is 0 Å². The maximum atomic E-state index is 6.65. The van der Waals surface area contributed by atoms with Crippen molar-refractivity contribution in [1.29, 1.82) is 0 Å². The lowest BCUT2D eigenvalue weighted by atomic mass is 9.43. The van der Waals surface area contributed by atoms with Crippen molar-refractivity contribution in [2.45, 2.75) is 37.5 Å². The molecule has 0 N–H and O–H groups in total. The van der Waals surface area contributed by atoms with E-state index in [9.17, 15) is 0 Å². The minimum atomic E-state index is -0.157. The fourth-order valence-corrected chi connectivity index (χ4v) is 12.2. The lowest BCUT2D eigenvalue weighted by molar-refractivity contribution is -0.0413. The summed E-state index contributed by atoms with van der Waals surface area (Å²) in [6.45, 7) is 0. The van der Waals surface area contributed by atoms with Gasteiger partial charge in [-0.25, -0.2) is 15.0 Å². The number of furan rings is 1. The standard InChI is InChI=1S/C54H40N4O/c1-3-12-34(13-4-1)36-29-37(35-14-5-2-6-15-35)31-38(30-36)51-56-52(58-53(57-51)46-20-10-18-43-41-16-7-8-22-47(41)59-49(43)46)45-19-9-17-42-44-21-11-23-55-50(44)54(48(42)45)39-25-32-24-33(27-39)28-40(54)26-32/h1-23,29-33,39-40H,24-28H2. The van der Waals surface area contributed by atoms with Gasteiger partial charge in [-0.2, -0.15) is 0 Å². The fourth-order valence-electron chi connectivity index (χ4n) is 12.2. The molecule has 1 spiro atoms. The number of fused-ring (bicyclic) bond motifs is 6. The highest BCUT2D eigenvalue weighted by atomic mass is 16.3. The number of rotatable bonds is 5. The van der Waals surface area contributed by atoms with Crippen LogP contribution in [0.4, 0.5) is 0 Å². The van der Waals surface area contributed by atoms with Crippen LogP contribution in [0.3, 0.4) is 0 Å². The summed E-state index contributed by atoms with van der Waals surface area (Å²) >= 11 is 0. The Balaban J connectivity index is 1.09. The Labute approximate surface area is 342 Å². The van der Waals surface area contributed by atoms with Crippen LogP contribution in [0.1, 0.15) is 43.4 Å². The molecule has 5 nitrogen and oxygen atoms in total.